The van der Waals surface area contributed by atoms with Crippen LogP contribution in [0.4, 0.5) is 0 Å². The molecular formula is C27H33NO2S. The van der Waals surface area contributed by atoms with Crippen LogP contribution in [-0.2, 0) is 10.0 Å². The second-order valence-corrected chi connectivity index (χ2v) is 11.3. The maximum Gasteiger partial charge on any atom is 0.282 e. The Labute approximate surface area is 187 Å². The number of sulfonamides is 1. The number of hydrogen-bond acceptors (Lipinski definition) is 2. The van der Waals surface area contributed by atoms with Crippen molar-refractivity contribution in [2.75, 3.05) is 0 Å². The van der Waals surface area contributed by atoms with Crippen molar-refractivity contribution in [3.63, 3.8) is 0 Å². The lowest BCUT2D eigenvalue weighted by molar-refractivity contribution is 0.411. The minimum absolute atomic E-state index is 0.0276. The van der Waals surface area contributed by atoms with Gasteiger partial charge in [-0.25, -0.2) is 0 Å². The maximum atomic E-state index is 13.3. The van der Waals surface area contributed by atoms with Crippen molar-refractivity contribution in [2.24, 2.45) is 21.6 Å². The molecule has 4 rings (SSSR count). The molecule has 1 atom stereocenters. The molecule has 1 fully saturated rings. The van der Waals surface area contributed by atoms with Gasteiger partial charge in [0.1, 0.15) is 0 Å². The molecule has 2 aromatic carbocycles. The van der Waals surface area contributed by atoms with E-state index in [1.807, 2.05) is 25.1 Å². The van der Waals surface area contributed by atoms with Crippen LogP contribution in [0.2, 0.25) is 0 Å². The Kier molecular flexibility index (Phi) is 5.95. The number of aryl methyl sites for hydroxylation is 1. The van der Waals surface area contributed by atoms with Gasteiger partial charge < -0.3 is 0 Å². The minimum Gasteiger partial charge on any atom is -0.199 e. The smallest absolute Gasteiger partial charge is 0.199 e. The molecule has 3 nitrogen and oxygen atoms in total. The predicted molar refractivity (Wildman–Crippen MR) is 129 cm³/mol. The average molecular weight is 436 g/mol. The molecule has 0 N–H and O–H groups in total. The molecule has 4 heteroatoms. The van der Waals surface area contributed by atoms with Crippen LogP contribution in [0.1, 0.15) is 64.0 Å². The molecule has 164 valence electrons. The summed E-state index contributed by atoms with van der Waals surface area (Å²) in [5.41, 5.74) is 5.30. The largest absolute Gasteiger partial charge is 0.282 e. The Morgan fingerprint density at radius 1 is 0.903 bits per heavy atom. The highest BCUT2D eigenvalue weighted by Gasteiger charge is 2.46. The molecule has 0 aliphatic heterocycles. The van der Waals surface area contributed by atoms with E-state index in [1.165, 1.54) is 36.0 Å². The summed E-state index contributed by atoms with van der Waals surface area (Å²) in [6, 6.07) is 17.5. The van der Waals surface area contributed by atoms with E-state index in [9.17, 15) is 8.42 Å². The lowest BCUT2D eigenvalue weighted by atomic mass is 9.75. The van der Waals surface area contributed by atoms with Crippen molar-refractivity contribution < 1.29 is 8.42 Å². The third-order valence-electron chi connectivity index (χ3n) is 7.30. The summed E-state index contributed by atoms with van der Waals surface area (Å²) in [5.74, 6) is 0.403. The summed E-state index contributed by atoms with van der Waals surface area (Å²) in [5, 5.41) is 0. The quantitative estimate of drug-likeness (QED) is 0.528. The second-order valence-electron chi connectivity index (χ2n) is 9.70. The molecule has 0 radical (unpaired) electrons. The number of nitrogens with zero attached hydrogens (tertiary/aromatic N) is 1. The number of allylic oxidation sites excluding steroid dienone is 2. The summed E-state index contributed by atoms with van der Waals surface area (Å²) in [4.78, 5) is 0.270. The van der Waals surface area contributed by atoms with Crippen LogP contribution >= 0.6 is 0 Å². The van der Waals surface area contributed by atoms with E-state index < -0.39 is 10.0 Å². The summed E-state index contributed by atoms with van der Waals surface area (Å²) < 4.78 is 31.2. The van der Waals surface area contributed by atoms with Crippen LogP contribution in [0.25, 0.3) is 5.57 Å². The van der Waals surface area contributed by atoms with Crippen molar-refractivity contribution in [3.05, 3.63) is 71.3 Å². The van der Waals surface area contributed by atoms with Crippen LogP contribution < -0.4 is 0 Å². The molecule has 1 saturated carbocycles. The zero-order valence-corrected chi connectivity index (χ0v) is 19.9. The van der Waals surface area contributed by atoms with E-state index in [-0.39, 0.29) is 16.2 Å². The molecular weight excluding hydrogens is 402 g/mol. The summed E-state index contributed by atoms with van der Waals surface area (Å²) >= 11 is 0. The lowest BCUT2D eigenvalue weighted by Gasteiger charge is -2.29. The van der Waals surface area contributed by atoms with Gasteiger partial charge in [0.15, 0.2) is 0 Å². The molecule has 2 aromatic rings. The number of rotatable bonds is 4. The van der Waals surface area contributed by atoms with Crippen LogP contribution in [0.3, 0.4) is 0 Å². The highest BCUT2D eigenvalue weighted by molar-refractivity contribution is 7.90. The van der Waals surface area contributed by atoms with Gasteiger partial charge >= 0.3 is 0 Å². The molecule has 0 bridgehead atoms. The van der Waals surface area contributed by atoms with Gasteiger partial charge in [-0.2, -0.15) is 12.8 Å². The summed E-state index contributed by atoms with van der Waals surface area (Å²) in [7, 11) is -3.77. The monoisotopic (exact) mass is 435 g/mol. The second kappa shape index (κ2) is 8.38. The Morgan fingerprint density at radius 2 is 1.52 bits per heavy atom. The molecule has 0 aromatic heterocycles. The Morgan fingerprint density at radius 3 is 2.13 bits per heavy atom. The summed E-state index contributed by atoms with van der Waals surface area (Å²) in [6.07, 6.45) is 5.87. The van der Waals surface area contributed by atoms with Crippen LogP contribution in [-0.4, -0.2) is 14.1 Å². The first-order valence-electron chi connectivity index (χ1n) is 11.4. The maximum absolute atomic E-state index is 13.3. The average Bonchev–Trinajstić information content (AvgIpc) is 2.95. The fourth-order valence-corrected chi connectivity index (χ4v) is 6.33. The fraction of sp³-hybridized carbons (Fsp3) is 0.444. The van der Waals surface area contributed by atoms with Crippen LogP contribution in [0, 0.1) is 24.2 Å². The zero-order valence-electron chi connectivity index (χ0n) is 19.1. The van der Waals surface area contributed by atoms with E-state index in [0.29, 0.717) is 5.92 Å². The molecule has 1 unspecified atom stereocenters. The number of benzene rings is 2. The number of hydrogen-bond donors (Lipinski definition) is 0. The Bertz CT molecular complexity index is 1100. The summed E-state index contributed by atoms with van der Waals surface area (Å²) in [6.45, 7) is 8.58. The highest BCUT2D eigenvalue weighted by Crippen LogP contribution is 2.54. The molecule has 2 aliphatic carbocycles. The van der Waals surface area contributed by atoms with Gasteiger partial charge in [0.05, 0.1) is 10.6 Å². The Hall–Kier alpha value is -2.20. The minimum atomic E-state index is -3.77. The molecule has 0 saturated heterocycles. The van der Waals surface area contributed by atoms with Gasteiger partial charge in [-0.1, -0.05) is 88.1 Å². The van der Waals surface area contributed by atoms with Gasteiger partial charge in [0, 0.05) is 5.92 Å². The molecule has 0 spiro atoms. The fourth-order valence-electron chi connectivity index (χ4n) is 5.22. The zero-order chi connectivity index (χ0) is 22.2. The SMILES string of the molecule is Cc1ccc(S(=O)(=O)/N=C2/C(C3CCCCC3)=C(c3ccccc3)C(C)(C)C2C)cc1. The van der Waals surface area contributed by atoms with Gasteiger partial charge in [0.25, 0.3) is 10.0 Å². The first-order valence-corrected chi connectivity index (χ1v) is 12.9. The van der Waals surface area contributed by atoms with Crippen molar-refractivity contribution in [3.8, 4) is 0 Å². The van der Waals surface area contributed by atoms with E-state index in [0.717, 1.165) is 24.1 Å². The van der Waals surface area contributed by atoms with Crippen molar-refractivity contribution in [2.45, 2.75) is 64.7 Å². The third-order valence-corrected chi connectivity index (χ3v) is 8.60. The first-order chi connectivity index (χ1) is 14.7. The first kappa shape index (κ1) is 22.0. The molecule has 2 aliphatic rings. The predicted octanol–water partition coefficient (Wildman–Crippen LogP) is 6.83. The van der Waals surface area contributed by atoms with Gasteiger partial charge in [-0.15, -0.1) is 0 Å². The topological polar surface area (TPSA) is 46.5 Å². The molecule has 31 heavy (non-hydrogen) atoms. The standard InChI is InChI=1S/C27H33NO2S/c1-19-15-17-23(18-16-19)31(29,30)28-26-20(2)27(3,4)25(22-13-9-6-10-14-22)24(26)21-11-7-5-8-12-21/h6,9-10,13-18,20-21H,5,7-8,11-12H2,1-4H3/b28-26+. The van der Waals surface area contributed by atoms with Crippen molar-refractivity contribution in [1.82, 2.24) is 0 Å². The lowest BCUT2D eigenvalue weighted by Crippen LogP contribution is -2.24. The highest BCUT2D eigenvalue weighted by atomic mass is 32.2. The van der Waals surface area contributed by atoms with Gasteiger partial charge in [0.2, 0.25) is 0 Å². The van der Waals surface area contributed by atoms with E-state index in [2.05, 4.69) is 49.4 Å². The van der Waals surface area contributed by atoms with Gasteiger partial charge in [-0.3, -0.25) is 0 Å². The molecule has 0 heterocycles. The third kappa shape index (κ3) is 4.15. The molecule has 0 amide bonds. The van der Waals surface area contributed by atoms with E-state index in [1.54, 1.807) is 12.1 Å². The Balaban J connectivity index is 1.92. The normalized spacial score (nSPS) is 23.5. The van der Waals surface area contributed by atoms with Crippen LogP contribution in [0.5, 0.6) is 0 Å². The van der Waals surface area contributed by atoms with Crippen molar-refractivity contribution >= 4 is 21.3 Å². The van der Waals surface area contributed by atoms with Crippen molar-refractivity contribution in [1.29, 1.82) is 0 Å². The van der Waals surface area contributed by atoms with E-state index >= 15 is 0 Å². The van der Waals surface area contributed by atoms with Crippen LogP contribution in [0.15, 0.2) is 69.5 Å². The van der Waals surface area contributed by atoms with E-state index in [4.69, 9.17) is 0 Å². The van der Waals surface area contributed by atoms with Gasteiger partial charge in [-0.05, 0) is 59.9 Å².